The standard InChI is InChI=1S/C7H10ClN5/c1-11-13-7(10)6-4(9)2-3-5(8)12-6/h2-3,11H,9H2,1H3,(H2,10,13). The van der Waals surface area contributed by atoms with Crippen LogP contribution in [0.15, 0.2) is 17.2 Å². The Bertz CT molecular complexity index is 336. The zero-order valence-corrected chi connectivity index (χ0v) is 7.84. The van der Waals surface area contributed by atoms with Gasteiger partial charge < -0.3 is 16.9 Å². The number of aromatic nitrogens is 1. The Morgan fingerprint density at radius 3 is 2.92 bits per heavy atom. The molecule has 0 bridgehead atoms. The molecule has 1 aromatic heterocycles. The molecule has 0 atom stereocenters. The van der Waals surface area contributed by atoms with Crippen LogP contribution in [0.1, 0.15) is 5.69 Å². The number of amidine groups is 1. The number of halogens is 1. The molecule has 5 nitrogen and oxygen atoms in total. The summed E-state index contributed by atoms with van der Waals surface area (Å²) in [4.78, 5) is 3.94. The van der Waals surface area contributed by atoms with Crippen LogP contribution in [0.25, 0.3) is 0 Å². The van der Waals surface area contributed by atoms with Gasteiger partial charge in [0.05, 0.1) is 5.69 Å². The first-order valence-corrected chi connectivity index (χ1v) is 3.95. The van der Waals surface area contributed by atoms with E-state index in [0.29, 0.717) is 16.5 Å². The van der Waals surface area contributed by atoms with Crippen molar-refractivity contribution in [3.05, 3.63) is 23.0 Å². The first-order chi connectivity index (χ1) is 6.15. The number of hydrogen-bond acceptors (Lipinski definition) is 4. The van der Waals surface area contributed by atoms with E-state index < -0.39 is 0 Å². The Kier molecular flexibility index (Phi) is 2.92. The summed E-state index contributed by atoms with van der Waals surface area (Å²) in [5.41, 5.74) is 14.5. The van der Waals surface area contributed by atoms with E-state index in [-0.39, 0.29) is 5.84 Å². The number of rotatable bonds is 2. The number of nitrogens with zero attached hydrogens (tertiary/aromatic N) is 2. The number of pyridine rings is 1. The monoisotopic (exact) mass is 199 g/mol. The Labute approximate surface area is 80.8 Å². The highest BCUT2D eigenvalue weighted by Gasteiger charge is 2.05. The fourth-order valence-corrected chi connectivity index (χ4v) is 0.972. The first-order valence-electron chi connectivity index (χ1n) is 3.57. The van der Waals surface area contributed by atoms with Crippen molar-refractivity contribution in [2.75, 3.05) is 12.8 Å². The average Bonchev–Trinajstić information content (AvgIpc) is 2.09. The molecule has 6 heteroatoms. The van der Waals surface area contributed by atoms with Crippen LogP contribution >= 0.6 is 11.6 Å². The molecule has 0 aliphatic heterocycles. The molecule has 70 valence electrons. The highest BCUT2D eigenvalue weighted by atomic mass is 35.5. The van der Waals surface area contributed by atoms with E-state index in [1.165, 1.54) is 0 Å². The van der Waals surface area contributed by atoms with E-state index in [1.807, 2.05) is 0 Å². The van der Waals surface area contributed by atoms with Crippen molar-refractivity contribution in [3.63, 3.8) is 0 Å². The van der Waals surface area contributed by atoms with Crippen LogP contribution in [-0.4, -0.2) is 17.9 Å². The lowest BCUT2D eigenvalue weighted by atomic mass is 10.3. The fourth-order valence-electron chi connectivity index (χ4n) is 0.825. The van der Waals surface area contributed by atoms with Crippen molar-refractivity contribution in [3.8, 4) is 0 Å². The maximum Gasteiger partial charge on any atom is 0.171 e. The lowest BCUT2D eigenvalue weighted by molar-refractivity contribution is 0.896. The number of hydrazone groups is 1. The predicted molar refractivity (Wildman–Crippen MR) is 53.4 cm³/mol. The lowest BCUT2D eigenvalue weighted by Gasteiger charge is -2.03. The van der Waals surface area contributed by atoms with Gasteiger partial charge in [-0.05, 0) is 12.1 Å². The summed E-state index contributed by atoms with van der Waals surface area (Å²) in [6.45, 7) is 0. The molecule has 0 aliphatic carbocycles. The van der Waals surface area contributed by atoms with Gasteiger partial charge in [-0.15, -0.1) is 0 Å². The van der Waals surface area contributed by atoms with E-state index in [0.717, 1.165) is 0 Å². The van der Waals surface area contributed by atoms with Crippen molar-refractivity contribution < 1.29 is 0 Å². The van der Waals surface area contributed by atoms with Gasteiger partial charge in [0, 0.05) is 7.05 Å². The van der Waals surface area contributed by atoms with Crippen molar-refractivity contribution in [1.82, 2.24) is 10.4 Å². The summed E-state index contributed by atoms with van der Waals surface area (Å²) < 4.78 is 0. The highest BCUT2D eigenvalue weighted by molar-refractivity contribution is 6.29. The maximum absolute atomic E-state index is 5.66. The highest BCUT2D eigenvalue weighted by Crippen LogP contribution is 2.12. The van der Waals surface area contributed by atoms with Gasteiger partial charge in [0.1, 0.15) is 10.8 Å². The van der Waals surface area contributed by atoms with Crippen LogP contribution < -0.4 is 16.9 Å². The van der Waals surface area contributed by atoms with E-state index in [2.05, 4.69) is 15.5 Å². The van der Waals surface area contributed by atoms with Crippen molar-refractivity contribution in [2.24, 2.45) is 10.8 Å². The number of anilines is 1. The molecule has 0 saturated carbocycles. The Hall–Kier alpha value is -1.49. The van der Waals surface area contributed by atoms with Crippen LogP contribution in [0.4, 0.5) is 5.69 Å². The van der Waals surface area contributed by atoms with Crippen molar-refractivity contribution in [1.29, 1.82) is 0 Å². The summed E-state index contributed by atoms with van der Waals surface area (Å²) in [6.07, 6.45) is 0. The minimum Gasteiger partial charge on any atom is -0.397 e. The normalized spacial score (nSPS) is 11.4. The molecule has 0 spiro atoms. The van der Waals surface area contributed by atoms with Crippen LogP contribution in [0.2, 0.25) is 5.15 Å². The smallest absolute Gasteiger partial charge is 0.171 e. The SMILES string of the molecule is CN/N=C(\N)c1nc(Cl)ccc1N. The van der Waals surface area contributed by atoms with Gasteiger partial charge >= 0.3 is 0 Å². The van der Waals surface area contributed by atoms with Crippen molar-refractivity contribution >= 4 is 23.1 Å². The summed E-state index contributed by atoms with van der Waals surface area (Å²) in [7, 11) is 1.63. The molecule has 0 fully saturated rings. The molecule has 0 unspecified atom stereocenters. The van der Waals surface area contributed by atoms with Gasteiger partial charge in [0.2, 0.25) is 0 Å². The number of nitrogen functional groups attached to an aromatic ring is 1. The Morgan fingerprint density at radius 1 is 1.62 bits per heavy atom. The quantitative estimate of drug-likeness (QED) is 0.274. The van der Waals surface area contributed by atoms with Gasteiger partial charge in [0.25, 0.3) is 0 Å². The van der Waals surface area contributed by atoms with E-state index in [4.69, 9.17) is 23.1 Å². The first kappa shape index (κ1) is 9.60. The van der Waals surface area contributed by atoms with Gasteiger partial charge in [0.15, 0.2) is 5.84 Å². The summed E-state index contributed by atoms with van der Waals surface area (Å²) in [5.74, 6) is 0.211. The molecule has 0 radical (unpaired) electrons. The van der Waals surface area contributed by atoms with Gasteiger partial charge in [-0.2, -0.15) is 5.10 Å². The largest absolute Gasteiger partial charge is 0.397 e. The van der Waals surface area contributed by atoms with Gasteiger partial charge in [-0.1, -0.05) is 11.6 Å². The molecule has 0 aromatic carbocycles. The molecular weight excluding hydrogens is 190 g/mol. The summed E-state index contributed by atoms with van der Waals surface area (Å²) in [6, 6.07) is 3.22. The molecule has 0 amide bonds. The zero-order valence-electron chi connectivity index (χ0n) is 7.08. The minimum atomic E-state index is 0.211. The number of nitrogens with one attached hydrogen (secondary N) is 1. The van der Waals surface area contributed by atoms with Gasteiger partial charge in [-0.3, -0.25) is 0 Å². The molecule has 13 heavy (non-hydrogen) atoms. The van der Waals surface area contributed by atoms with Crippen LogP contribution in [0.3, 0.4) is 0 Å². The van der Waals surface area contributed by atoms with E-state index >= 15 is 0 Å². The van der Waals surface area contributed by atoms with Gasteiger partial charge in [-0.25, -0.2) is 4.98 Å². The lowest BCUT2D eigenvalue weighted by Crippen LogP contribution is -2.20. The summed E-state index contributed by atoms with van der Waals surface area (Å²) >= 11 is 5.66. The molecule has 5 N–H and O–H groups in total. The van der Waals surface area contributed by atoms with Crippen LogP contribution in [0.5, 0.6) is 0 Å². The number of nitrogens with two attached hydrogens (primary N) is 2. The fraction of sp³-hybridized carbons (Fsp3) is 0.143. The zero-order chi connectivity index (χ0) is 9.84. The maximum atomic E-state index is 5.66. The number of hydrogen-bond donors (Lipinski definition) is 3. The molecule has 0 saturated heterocycles. The molecule has 1 heterocycles. The van der Waals surface area contributed by atoms with Crippen LogP contribution in [-0.2, 0) is 0 Å². The average molecular weight is 200 g/mol. The van der Waals surface area contributed by atoms with E-state index in [1.54, 1.807) is 19.2 Å². The molecule has 1 aromatic rings. The molecular formula is C7H10ClN5. The topological polar surface area (TPSA) is 89.3 Å². The second-order valence-electron chi connectivity index (χ2n) is 2.29. The third-order valence-corrected chi connectivity index (χ3v) is 1.58. The van der Waals surface area contributed by atoms with E-state index in [9.17, 15) is 0 Å². The Balaban J connectivity index is 3.13. The molecule has 0 aliphatic rings. The minimum absolute atomic E-state index is 0.211. The third kappa shape index (κ3) is 2.22. The predicted octanol–water partition coefficient (Wildman–Crippen LogP) is 0.157. The third-order valence-electron chi connectivity index (χ3n) is 1.37. The second kappa shape index (κ2) is 3.95. The van der Waals surface area contributed by atoms with Crippen molar-refractivity contribution in [2.45, 2.75) is 0 Å². The second-order valence-corrected chi connectivity index (χ2v) is 2.68. The summed E-state index contributed by atoms with van der Waals surface area (Å²) in [5, 5.41) is 4.07. The van der Waals surface area contributed by atoms with Crippen LogP contribution in [0, 0.1) is 0 Å². The Morgan fingerprint density at radius 2 is 2.31 bits per heavy atom. The molecule has 1 rings (SSSR count).